The number of rotatable bonds is 5. The lowest BCUT2D eigenvalue weighted by Crippen LogP contribution is -2.17. The Labute approximate surface area is 89.7 Å². The van der Waals surface area contributed by atoms with Gasteiger partial charge in [0.1, 0.15) is 5.82 Å². The number of H-pyrrole nitrogens is 1. The quantitative estimate of drug-likeness (QED) is 0.797. The molecule has 1 unspecified atom stereocenters. The van der Waals surface area contributed by atoms with Crippen LogP contribution < -0.4 is 5.56 Å². The van der Waals surface area contributed by atoms with Gasteiger partial charge < -0.3 is 9.72 Å². The molecule has 0 bridgehead atoms. The van der Waals surface area contributed by atoms with Gasteiger partial charge >= 0.3 is 0 Å². The smallest absolute Gasteiger partial charge is 0.251 e. The Morgan fingerprint density at radius 1 is 1.60 bits per heavy atom. The first-order valence-corrected chi connectivity index (χ1v) is 5.27. The van der Waals surface area contributed by atoms with Crippen LogP contribution in [0.4, 0.5) is 0 Å². The lowest BCUT2D eigenvalue weighted by atomic mass is 10.2. The zero-order valence-electron chi connectivity index (χ0n) is 9.54. The molecule has 1 atom stereocenters. The van der Waals surface area contributed by atoms with Crippen molar-refractivity contribution >= 4 is 0 Å². The lowest BCUT2D eigenvalue weighted by Gasteiger charge is -2.08. The van der Waals surface area contributed by atoms with E-state index < -0.39 is 0 Å². The van der Waals surface area contributed by atoms with Crippen molar-refractivity contribution in [1.82, 2.24) is 9.97 Å². The summed E-state index contributed by atoms with van der Waals surface area (Å²) in [5, 5.41) is 0. The molecule has 1 aromatic heterocycles. The molecule has 0 spiro atoms. The number of nitrogens with one attached hydrogen (secondary N) is 1. The Balaban J connectivity index is 2.83. The Bertz CT molecular complexity index is 360. The fourth-order valence-electron chi connectivity index (χ4n) is 1.40. The van der Waals surface area contributed by atoms with Gasteiger partial charge in [0, 0.05) is 25.3 Å². The second kappa shape index (κ2) is 5.66. The molecule has 1 aromatic rings. The minimum Gasteiger partial charge on any atom is -0.381 e. The van der Waals surface area contributed by atoms with Crippen LogP contribution in [0.15, 0.2) is 10.9 Å². The summed E-state index contributed by atoms with van der Waals surface area (Å²) in [6.07, 6.45) is 2.56. The molecule has 4 heteroatoms. The fourth-order valence-corrected chi connectivity index (χ4v) is 1.40. The fraction of sp³-hybridized carbons (Fsp3) is 0.636. The van der Waals surface area contributed by atoms with E-state index in [0.717, 1.165) is 18.5 Å². The third-order valence-corrected chi connectivity index (χ3v) is 2.23. The summed E-state index contributed by atoms with van der Waals surface area (Å²) in [4.78, 5) is 18.4. The van der Waals surface area contributed by atoms with Crippen LogP contribution in [-0.2, 0) is 17.6 Å². The molecule has 0 aromatic carbocycles. The molecule has 4 nitrogen and oxygen atoms in total. The summed E-state index contributed by atoms with van der Waals surface area (Å²) in [7, 11) is 1.65. The topological polar surface area (TPSA) is 55.0 Å². The SMILES string of the molecule is CCCc1cc(=O)[nH]c(CC(C)OC)n1. The summed E-state index contributed by atoms with van der Waals surface area (Å²) in [6.45, 7) is 4.02. The molecule has 0 saturated carbocycles. The van der Waals surface area contributed by atoms with Crippen molar-refractivity contribution in [3.8, 4) is 0 Å². The first-order valence-electron chi connectivity index (χ1n) is 5.27. The molecule has 0 saturated heterocycles. The van der Waals surface area contributed by atoms with Gasteiger partial charge in [0.05, 0.1) is 6.10 Å². The maximum atomic E-state index is 11.3. The summed E-state index contributed by atoms with van der Waals surface area (Å²) in [5.41, 5.74) is 0.784. The van der Waals surface area contributed by atoms with E-state index in [9.17, 15) is 4.79 Å². The van der Waals surface area contributed by atoms with E-state index in [-0.39, 0.29) is 11.7 Å². The molecule has 0 aliphatic heterocycles. The summed E-state index contributed by atoms with van der Waals surface area (Å²) in [6, 6.07) is 1.56. The second-order valence-electron chi connectivity index (χ2n) is 3.68. The van der Waals surface area contributed by atoms with Gasteiger partial charge in [-0.15, -0.1) is 0 Å². The number of ether oxygens (including phenoxy) is 1. The molecule has 15 heavy (non-hydrogen) atoms. The first kappa shape index (κ1) is 11.9. The normalized spacial score (nSPS) is 12.7. The van der Waals surface area contributed by atoms with Crippen LogP contribution >= 0.6 is 0 Å². The predicted octanol–water partition coefficient (Wildman–Crippen LogP) is 1.30. The lowest BCUT2D eigenvalue weighted by molar-refractivity contribution is 0.117. The maximum Gasteiger partial charge on any atom is 0.251 e. The highest BCUT2D eigenvalue weighted by Crippen LogP contribution is 2.01. The number of nitrogens with zero attached hydrogens (tertiary/aromatic N) is 1. The Morgan fingerprint density at radius 2 is 2.33 bits per heavy atom. The van der Waals surface area contributed by atoms with Crippen LogP contribution in [0.25, 0.3) is 0 Å². The van der Waals surface area contributed by atoms with Crippen molar-refractivity contribution in [2.75, 3.05) is 7.11 Å². The highest BCUT2D eigenvalue weighted by molar-refractivity contribution is 5.03. The van der Waals surface area contributed by atoms with Gasteiger partial charge in [-0.05, 0) is 13.3 Å². The van der Waals surface area contributed by atoms with Gasteiger partial charge in [-0.1, -0.05) is 13.3 Å². The number of methoxy groups -OCH3 is 1. The highest BCUT2D eigenvalue weighted by atomic mass is 16.5. The second-order valence-corrected chi connectivity index (χ2v) is 3.68. The van der Waals surface area contributed by atoms with Gasteiger partial charge in [-0.3, -0.25) is 4.79 Å². The monoisotopic (exact) mass is 210 g/mol. The summed E-state index contributed by atoms with van der Waals surface area (Å²) >= 11 is 0. The highest BCUT2D eigenvalue weighted by Gasteiger charge is 2.05. The van der Waals surface area contributed by atoms with E-state index in [1.807, 2.05) is 6.92 Å². The van der Waals surface area contributed by atoms with E-state index in [1.54, 1.807) is 13.2 Å². The summed E-state index contributed by atoms with van der Waals surface area (Å²) < 4.78 is 5.13. The molecular weight excluding hydrogens is 192 g/mol. The third-order valence-electron chi connectivity index (χ3n) is 2.23. The van der Waals surface area contributed by atoms with Crippen LogP contribution in [0.5, 0.6) is 0 Å². The Kier molecular flexibility index (Phi) is 4.49. The van der Waals surface area contributed by atoms with Crippen LogP contribution in [0.1, 0.15) is 31.8 Å². The minimum absolute atomic E-state index is 0.0741. The predicted molar refractivity (Wildman–Crippen MR) is 59.0 cm³/mol. The molecule has 1 heterocycles. The molecule has 0 radical (unpaired) electrons. The Hall–Kier alpha value is -1.16. The third kappa shape index (κ3) is 3.83. The molecule has 84 valence electrons. The van der Waals surface area contributed by atoms with Crippen LogP contribution in [0.3, 0.4) is 0 Å². The number of hydrogen-bond donors (Lipinski definition) is 1. The number of aromatic amines is 1. The zero-order chi connectivity index (χ0) is 11.3. The van der Waals surface area contributed by atoms with Gasteiger partial charge in [0.15, 0.2) is 0 Å². The average Bonchev–Trinajstić information content (AvgIpc) is 2.17. The standard InChI is InChI=1S/C11H18N2O2/c1-4-5-9-7-11(14)13-10(12-9)6-8(2)15-3/h7-8H,4-6H2,1-3H3,(H,12,13,14). The number of aryl methyl sites for hydroxylation is 1. The van der Waals surface area contributed by atoms with E-state index >= 15 is 0 Å². The molecule has 0 amide bonds. The molecule has 0 aliphatic rings. The van der Waals surface area contributed by atoms with E-state index in [0.29, 0.717) is 12.2 Å². The molecular formula is C11H18N2O2. The Morgan fingerprint density at radius 3 is 2.93 bits per heavy atom. The minimum atomic E-state index is -0.0771. The van der Waals surface area contributed by atoms with Gasteiger partial charge in [0.25, 0.3) is 5.56 Å². The van der Waals surface area contributed by atoms with Crippen LogP contribution in [0, 0.1) is 0 Å². The number of aromatic nitrogens is 2. The molecule has 1 rings (SSSR count). The van der Waals surface area contributed by atoms with Gasteiger partial charge in [0.2, 0.25) is 0 Å². The van der Waals surface area contributed by atoms with E-state index in [4.69, 9.17) is 4.74 Å². The first-order chi connectivity index (χ1) is 7.15. The maximum absolute atomic E-state index is 11.3. The molecule has 1 N–H and O–H groups in total. The average molecular weight is 210 g/mol. The van der Waals surface area contributed by atoms with Crippen molar-refractivity contribution < 1.29 is 4.74 Å². The zero-order valence-corrected chi connectivity index (χ0v) is 9.54. The van der Waals surface area contributed by atoms with Crippen molar-refractivity contribution in [1.29, 1.82) is 0 Å². The van der Waals surface area contributed by atoms with Gasteiger partial charge in [-0.25, -0.2) is 4.98 Å². The van der Waals surface area contributed by atoms with Crippen LogP contribution in [-0.4, -0.2) is 23.2 Å². The van der Waals surface area contributed by atoms with Crippen molar-refractivity contribution in [3.63, 3.8) is 0 Å². The molecule has 0 aliphatic carbocycles. The van der Waals surface area contributed by atoms with Crippen molar-refractivity contribution in [2.24, 2.45) is 0 Å². The number of hydrogen-bond acceptors (Lipinski definition) is 3. The van der Waals surface area contributed by atoms with E-state index in [1.165, 1.54) is 0 Å². The van der Waals surface area contributed by atoms with E-state index in [2.05, 4.69) is 16.9 Å². The van der Waals surface area contributed by atoms with Crippen molar-refractivity contribution in [3.05, 3.63) is 27.9 Å². The summed E-state index contributed by atoms with van der Waals surface area (Å²) in [5.74, 6) is 0.709. The van der Waals surface area contributed by atoms with Crippen LogP contribution in [0.2, 0.25) is 0 Å². The largest absolute Gasteiger partial charge is 0.381 e. The van der Waals surface area contributed by atoms with Crippen molar-refractivity contribution in [2.45, 2.75) is 39.2 Å². The van der Waals surface area contributed by atoms with Gasteiger partial charge in [-0.2, -0.15) is 0 Å². The molecule has 0 fully saturated rings.